The van der Waals surface area contributed by atoms with Crippen molar-refractivity contribution in [2.45, 2.75) is 47.1 Å². The summed E-state index contributed by atoms with van der Waals surface area (Å²) in [6.45, 7) is 11.3. The third-order valence-electron chi connectivity index (χ3n) is 4.44. The summed E-state index contributed by atoms with van der Waals surface area (Å²) in [5.74, 6) is 1.83. The zero-order chi connectivity index (χ0) is 21.8. The van der Waals surface area contributed by atoms with E-state index >= 15 is 0 Å². The number of amides is 1. The number of rotatable bonds is 11. The standard InChI is InChI=1S/C23H34N4O3/c1-5-13-29-20-15-17(3)8-9-19(20)16-27-23(24-6-2)26-12-7-11-25-22(28)21-18(4)10-14-30-21/h8-10,14-15H,5-7,11-13,16H2,1-4H3,(H,25,28)(H2,24,26,27). The van der Waals surface area contributed by atoms with Crippen LogP contribution in [0.5, 0.6) is 5.75 Å². The average molecular weight is 415 g/mol. The van der Waals surface area contributed by atoms with Crippen molar-refractivity contribution >= 4 is 11.9 Å². The Bertz CT molecular complexity index is 830. The maximum absolute atomic E-state index is 12.0. The molecule has 2 aromatic rings. The lowest BCUT2D eigenvalue weighted by Gasteiger charge is -2.13. The van der Waals surface area contributed by atoms with Gasteiger partial charge in [0.1, 0.15) is 5.75 Å². The molecule has 3 N–H and O–H groups in total. The minimum absolute atomic E-state index is 0.183. The smallest absolute Gasteiger partial charge is 0.287 e. The van der Waals surface area contributed by atoms with Crippen molar-refractivity contribution in [2.24, 2.45) is 4.99 Å². The topological polar surface area (TPSA) is 87.9 Å². The lowest BCUT2D eigenvalue weighted by molar-refractivity contribution is 0.0925. The molecule has 1 heterocycles. The lowest BCUT2D eigenvalue weighted by atomic mass is 10.1. The van der Waals surface area contributed by atoms with Gasteiger partial charge in [-0.1, -0.05) is 19.1 Å². The summed E-state index contributed by atoms with van der Waals surface area (Å²) in [6.07, 6.45) is 3.26. The summed E-state index contributed by atoms with van der Waals surface area (Å²) in [5.41, 5.74) is 3.07. The van der Waals surface area contributed by atoms with Crippen molar-refractivity contribution in [2.75, 3.05) is 26.2 Å². The number of furan rings is 1. The second-order valence-electron chi connectivity index (χ2n) is 7.12. The van der Waals surface area contributed by atoms with E-state index in [0.717, 1.165) is 42.2 Å². The van der Waals surface area contributed by atoms with Gasteiger partial charge >= 0.3 is 0 Å². The molecule has 7 nitrogen and oxygen atoms in total. The van der Waals surface area contributed by atoms with E-state index in [1.807, 2.05) is 13.8 Å². The molecule has 0 aliphatic rings. The van der Waals surface area contributed by atoms with Gasteiger partial charge in [0.25, 0.3) is 5.91 Å². The molecule has 2 rings (SSSR count). The summed E-state index contributed by atoms with van der Waals surface area (Å²) in [7, 11) is 0. The van der Waals surface area contributed by atoms with Crippen LogP contribution in [0.1, 0.15) is 53.9 Å². The van der Waals surface area contributed by atoms with E-state index in [9.17, 15) is 4.79 Å². The van der Waals surface area contributed by atoms with Crippen molar-refractivity contribution in [1.29, 1.82) is 0 Å². The van der Waals surface area contributed by atoms with Crippen LogP contribution in [-0.4, -0.2) is 38.1 Å². The summed E-state index contributed by atoms with van der Waals surface area (Å²) in [5, 5.41) is 9.43. The van der Waals surface area contributed by atoms with Crippen molar-refractivity contribution in [1.82, 2.24) is 16.0 Å². The van der Waals surface area contributed by atoms with E-state index in [4.69, 9.17) is 9.15 Å². The number of nitrogens with zero attached hydrogens (tertiary/aromatic N) is 1. The molecular formula is C23H34N4O3. The number of nitrogens with one attached hydrogen (secondary N) is 3. The third kappa shape index (κ3) is 7.46. The van der Waals surface area contributed by atoms with Crippen LogP contribution >= 0.6 is 0 Å². The van der Waals surface area contributed by atoms with Gasteiger partial charge in [-0.2, -0.15) is 0 Å². The molecule has 164 valence electrons. The number of carbonyl (C=O) groups excluding carboxylic acids is 1. The van der Waals surface area contributed by atoms with Gasteiger partial charge in [0.15, 0.2) is 11.7 Å². The van der Waals surface area contributed by atoms with Gasteiger partial charge in [0, 0.05) is 30.8 Å². The maximum atomic E-state index is 12.0. The van der Waals surface area contributed by atoms with E-state index in [1.165, 1.54) is 11.8 Å². The van der Waals surface area contributed by atoms with E-state index in [0.29, 0.717) is 32.0 Å². The SMILES string of the molecule is CCCOc1cc(C)ccc1CN=C(NCC)NCCCNC(=O)c1occc1C. The van der Waals surface area contributed by atoms with E-state index < -0.39 is 0 Å². The molecule has 30 heavy (non-hydrogen) atoms. The minimum atomic E-state index is -0.183. The summed E-state index contributed by atoms with van der Waals surface area (Å²) < 4.78 is 11.1. The Morgan fingerprint density at radius 3 is 2.60 bits per heavy atom. The first kappa shape index (κ1) is 23.3. The van der Waals surface area contributed by atoms with Gasteiger partial charge < -0.3 is 25.1 Å². The first-order valence-electron chi connectivity index (χ1n) is 10.6. The van der Waals surface area contributed by atoms with Crippen molar-refractivity contribution in [3.8, 4) is 5.75 Å². The van der Waals surface area contributed by atoms with Crippen molar-refractivity contribution in [3.63, 3.8) is 0 Å². The number of hydrogen-bond acceptors (Lipinski definition) is 4. The molecule has 0 spiro atoms. The first-order valence-corrected chi connectivity index (χ1v) is 10.6. The van der Waals surface area contributed by atoms with Gasteiger partial charge in [0.2, 0.25) is 0 Å². The van der Waals surface area contributed by atoms with Crippen LogP contribution in [0.15, 0.2) is 39.9 Å². The van der Waals surface area contributed by atoms with E-state index in [1.54, 1.807) is 6.07 Å². The van der Waals surface area contributed by atoms with Crippen molar-refractivity contribution in [3.05, 3.63) is 53.0 Å². The first-order chi connectivity index (χ1) is 14.5. The van der Waals surface area contributed by atoms with Crippen molar-refractivity contribution < 1.29 is 13.9 Å². The molecule has 0 saturated carbocycles. The predicted octanol–water partition coefficient (Wildman–Crippen LogP) is 3.56. The van der Waals surface area contributed by atoms with Crippen LogP contribution in [0.3, 0.4) is 0 Å². The summed E-state index contributed by atoms with van der Waals surface area (Å²) >= 11 is 0. The molecule has 0 fully saturated rings. The largest absolute Gasteiger partial charge is 0.493 e. The molecule has 0 atom stereocenters. The average Bonchev–Trinajstić information content (AvgIpc) is 3.16. The molecule has 7 heteroatoms. The monoisotopic (exact) mass is 414 g/mol. The number of aliphatic imine (C=N–C) groups is 1. The Morgan fingerprint density at radius 1 is 1.10 bits per heavy atom. The Kier molecular flexibility index (Phi) is 9.77. The zero-order valence-electron chi connectivity index (χ0n) is 18.5. The molecular weight excluding hydrogens is 380 g/mol. The van der Waals surface area contributed by atoms with E-state index in [2.05, 4.69) is 53.0 Å². The number of ether oxygens (including phenoxy) is 1. The summed E-state index contributed by atoms with van der Waals surface area (Å²) in [4.78, 5) is 16.7. The predicted molar refractivity (Wildman–Crippen MR) is 120 cm³/mol. The molecule has 0 radical (unpaired) electrons. The molecule has 1 amide bonds. The molecule has 1 aromatic heterocycles. The van der Waals surface area contributed by atoms with Crippen LogP contribution < -0.4 is 20.7 Å². The highest BCUT2D eigenvalue weighted by Gasteiger charge is 2.11. The lowest BCUT2D eigenvalue weighted by Crippen LogP contribution is -2.38. The highest BCUT2D eigenvalue weighted by atomic mass is 16.5. The fraction of sp³-hybridized carbons (Fsp3) is 0.478. The normalized spacial score (nSPS) is 11.3. The zero-order valence-corrected chi connectivity index (χ0v) is 18.5. The van der Waals surface area contributed by atoms with Crippen LogP contribution in [-0.2, 0) is 6.54 Å². The fourth-order valence-corrected chi connectivity index (χ4v) is 2.83. The van der Waals surface area contributed by atoms with Gasteiger partial charge in [-0.15, -0.1) is 0 Å². The quantitative estimate of drug-likeness (QED) is 0.297. The molecule has 0 aliphatic carbocycles. The summed E-state index contributed by atoms with van der Waals surface area (Å²) in [6, 6.07) is 7.99. The Morgan fingerprint density at radius 2 is 1.90 bits per heavy atom. The maximum Gasteiger partial charge on any atom is 0.287 e. The van der Waals surface area contributed by atoms with Crippen LogP contribution in [0.2, 0.25) is 0 Å². The number of carbonyl (C=O) groups is 1. The van der Waals surface area contributed by atoms with Gasteiger partial charge in [0.05, 0.1) is 19.4 Å². The number of hydrogen-bond donors (Lipinski definition) is 3. The van der Waals surface area contributed by atoms with Crippen LogP contribution in [0.25, 0.3) is 0 Å². The Balaban J connectivity index is 1.83. The number of guanidine groups is 1. The second-order valence-corrected chi connectivity index (χ2v) is 7.12. The molecule has 0 saturated heterocycles. The van der Waals surface area contributed by atoms with Crippen LogP contribution in [0.4, 0.5) is 0 Å². The number of benzene rings is 1. The van der Waals surface area contributed by atoms with E-state index in [-0.39, 0.29) is 5.91 Å². The van der Waals surface area contributed by atoms with Gasteiger partial charge in [-0.25, -0.2) is 4.99 Å². The minimum Gasteiger partial charge on any atom is -0.493 e. The van der Waals surface area contributed by atoms with Gasteiger partial charge in [-0.3, -0.25) is 4.79 Å². The molecule has 0 unspecified atom stereocenters. The fourth-order valence-electron chi connectivity index (χ4n) is 2.83. The number of aryl methyl sites for hydroxylation is 2. The second kappa shape index (κ2) is 12.6. The Labute approximate surface area is 179 Å². The molecule has 1 aromatic carbocycles. The highest BCUT2D eigenvalue weighted by Crippen LogP contribution is 2.21. The third-order valence-corrected chi connectivity index (χ3v) is 4.44. The van der Waals surface area contributed by atoms with Gasteiger partial charge in [-0.05, 0) is 51.3 Å². The van der Waals surface area contributed by atoms with Crippen LogP contribution in [0, 0.1) is 13.8 Å². The Hall–Kier alpha value is -2.96. The highest BCUT2D eigenvalue weighted by molar-refractivity contribution is 5.92. The molecule has 0 aliphatic heterocycles. The molecule has 0 bridgehead atoms.